The number of rotatable bonds is 7. The lowest BCUT2D eigenvalue weighted by Crippen LogP contribution is -2.33. The van der Waals surface area contributed by atoms with E-state index >= 15 is 0 Å². The van der Waals surface area contributed by atoms with Gasteiger partial charge in [0.15, 0.2) is 0 Å². The molecule has 0 N–H and O–H groups in total. The Labute approximate surface area is 184 Å². The van der Waals surface area contributed by atoms with Crippen molar-refractivity contribution >= 4 is 29.4 Å². The highest BCUT2D eigenvalue weighted by Gasteiger charge is 2.28. The van der Waals surface area contributed by atoms with Crippen LogP contribution in [0.1, 0.15) is 55.5 Å². The first kappa shape index (κ1) is 22.2. The summed E-state index contributed by atoms with van der Waals surface area (Å²) in [5.41, 5.74) is 3.61. The number of thioether (sulfide) groups is 2. The van der Waals surface area contributed by atoms with Gasteiger partial charge in [0.25, 0.3) is 0 Å². The van der Waals surface area contributed by atoms with Gasteiger partial charge in [-0.2, -0.15) is 0 Å². The molecule has 3 unspecified atom stereocenters. The van der Waals surface area contributed by atoms with Crippen LogP contribution < -0.4 is 0 Å². The van der Waals surface area contributed by atoms with Crippen molar-refractivity contribution in [2.45, 2.75) is 67.9 Å². The zero-order chi connectivity index (χ0) is 20.8. The first-order valence-electron chi connectivity index (χ1n) is 10.5. The molecule has 0 radical (unpaired) electrons. The summed E-state index contributed by atoms with van der Waals surface area (Å²) in [6, 6.07) is 12.6. The van der Waals surface area contributed by atoms with Gasteiger partial charge in [-0.15, -0.1) is 23.5 Å². The second-order valence-corrected chi connectivity index (χ2v) is 10.5. The van der Waals surface area contributed by atoms with Crippen LogP contribution in [-0.4, -0.2) is 39.1 Å². The Morgan fingerprint density at radius 3 is 2.66 bits per heavy atom. The van der Waals surface area contributed by atoms with Gasteiger partial charge in [-0.25, -0.2) is 0 Å². The van der Waals surface area contributed by atoms with E-state index < -0.39 is 0 Å². The fraction of sp³-hybridized carbons (Fsp3) is 0.500. The third kappa shape index (κ3) is 6.02. The van der Waals surface area contributed by atoms with E-state index in [1.807, 2.05) is 60.6 Å². The number of aromatic nitrogens is 1. The zero-order valence-electron chi connectivity index (χ0n) is 17.9. The molecular weight excluding hydrogens is 396 g/mol. The Hall–Kier alpha value is -1.46. The third-order valence-corrected chi connectivity index (χ3v) is 8.91. The third-order valence-electron chi connectivity index (χ3n) is 5.77. The minimum atomic E-state index is -0.00392. The van der Waals surface area contributed by atoms with Crippen LogP contribution in [0.15, 0.2) is 47.5 Å². The molecule has 156 valence electrons. The average molecular weight is 429 g/mol. The van der Waals surface area contributed by atoms with Crippen LogP contribution in [0.25, 0.3) is 0 Å². The van der Waals surface area contributed by atoms with Crippen molar-refractivity contribution in [3.63, 3.8) is 0 Å². The molecule has 1 aromatic carbocycles. The van der Waals surface area contributed by atoms with E-state index in [2.05, 4.69) is 37.0 Å². The van der Waals surface area contributed by atoms with Crippen LogP contribution in [-0.2, 0) is 4.79 Å². The molecule has 5 heteroatoms. The lowest BCUT2D eigenvalue weighted by molar-refractivity contribution is -0.129. The monoisotopic (exact) mass is 428 g/mol. The number of pyridine rings is 1. The number of hydrogen-bond acceptors (Lipinski definition) is 4. The van der Waals surface area contributed by atoms with E-state index in [1.54, 1.807) is 6.20 Å². The van der Waals surface area contributed by atoms with Crippen molar-refractivity contribution in [3.05, 3.63) is 59.4 Å². The number of nitrogens with zero attached hydrogens (tertiary/aromatic N) is 2. The Kier molecular flexibility index (Phi) is 8.07. The SMILES string of the molecule is Cc1ccc(C)c(SC2CCCCC2SCC(=O)N(C)C(C)c2ccccn2)c1. The van der Waals surface area contributed by atoms with Gasteiger partial charge in [0.1, 0.15) is 0 Å². The summed E-state index contributed by atoms with van der Waals surface area (Å²) in [5, 5.41) is 1.12. The maximum Gasteiger partial charge on any atom is 0.232 e. The summed E-state index contributed by atoms with van der Waals surface area (Å²) in [4.78, 5) is 20.5. The van der Waals surface area contributed by atoms with Gasteiger partial charge < -0.3 is 4.90 Å². The standard InChI is InChI=1S/C24H32N2OS2/c1-17-12-13-18(2)23(15-17)29-22-11-6-5-10-21(22)28-16-24(27)26(4)19(3)20-9-7-8-14-25-20/h7-9,12-15,19,21-22H,5-6,10-11,16H2,1-4H3. The Morgan fingerprint density at radius 1 is 1.17 bits per heavy atom. The maximum atomic E-state index is 12.8. The number of benzene rings is 1. The fourth-order valence-corrected chi connectivity index (χ4v) is 6.76. The van der Waals surface area contributed by atoms with Crippen LogP contribution in [0.5, 0.6) is 0 Å². The molecule has 1 amide bonds. The number of carbonyl (C=O) groups is 1. The van der Waals surface area contributed by atoms with E-state index in [-0.39, 0.29) is 11.9 Å². The van der Waals surface area contributed by atoms with Crippen LogP contribution in [0.4, 0.5) is 0 Å². The number of hydrogen-bond donors (Lipinski definition) is 0. The van der Waals surface area contributed by atoms with Gasteiger partial charge in [0.2, 0.25) is 5.91 Å². The molecule has 0 spiro atoms. The molecule has 1 heterocycles. The molecule has 0 bridgehead atoms. The number of aryl methyl sites for hydroxylation is 2. The molecule has 3 atom stereocenters. The molecule has 1 fully saturated rings. The van der Waals surface area contributed by atoms with Crippen molar-refractivity contribution in [1.82, 2.24) is 9.88 Å². The molecule has 3 rings (SSSR count). The summed E-state index contributed by atoms with van der Waals surface area (Å²) in [5.74, 6) is 0.733. The van der Waals surface area contributed by atoms with Crippen molar-refractivity contribution in [3.8, 4) is 0 Å². The van der Waals surface area contributed by atoms with Crippen molar-refractivity contribution < 1.29 is 4.79 Å². The normalized spacial score (nSPS) is 20.3. The van der Waals surface area contributed by atoms with Crippen LogP contribution in [0, 0.1) is 13.8 Å². The summed E-state index contributed by atoms with van der Waals surface area (Å²) in [6.07, 6.45) is 6.81. The highest BCUT2D eigenvalue weighted by atomic mass is 32.2. The Morgan fingerprint density at radius 2 is 1.93 bits per heavy atom. The minimum absolute atomic E-state index is 0.00392. The van der Waals surface area contributed by atoms with Crippen LogP contribution in [0.3, 0.4) is 0 Å². The summed E-state index contributed by atoms with van der Waals surface area (Å²) in [6.45, 7) is 6.41. The maximum absolute atomic E-state index is 12.8. The molecule has 0 aliphatic heterocycles. The number of carbonyl (C=O) groups excluding carboxylic acids is 1. The van der Waals surface area contributed by atoms with E-state index in [9.17, 15) is 4.79 Å². The van der Waals surface area contributed by atoms with Gasteiger partial charge in [0.05, 0.1) is 17.5 Å². The topological polar surface area (TPSA) is 33.2 Å². The summed E-state index contributed by atoms with van der Waals surface area (Å²) >= 11 is 3.87. The second kappa shape index (κ2) is 10.5. The largest absolute Gasteiger partial charge is 0.337 e. The van der Waals surface area contributed by atoms with E-state index in [0.29, 0.717) is 16.3 Å². The summed E-state index contributed by atoms with van der Waals surface area (Å²) in [7, 11) is 1.89. The predicted molar refractivity (Wildman–Crippen MR) is 126 cm³/mol. The zero-order valence-corrected chi connectivity index (χ0v) is 19.6. The molecule has 1 aromatic heterocycles. The van der Waals surface area contributed by atoms with E-state index in [4.69, 9.17) is 0 Å². The molecular formula is C24H32N2OS2. The van der Waals surface area contributed by atoms with Crippen molar-refractivity contribution in [2.75, 3.05) is 12.8 Å². The molecule has 1 aliphatic carbocycles. The lowest BCUT2D eigenvalue weighted by Gasteiger charge is -2.32. The van der Waals surface area contributed by atoms with Crippen LogP contribution >= 0.6 is 23.5 Å². The first-order valence-corrected chi connectivity index (χ1v) is 12.4. The van der Waals surface area contributed by atoms with E-state index in [0.717, 1.165) is 5.69 Å². The van der Waals surface area contributed by atoms with Crippen molar-refractivity contribution in [2.24, 2.45) is 0 Å². The van der Waals surface area contributed by atoms with Gasteiger partial charge in [0, 0.05) is 28.6 Å². The molecule has 1 saturated carbocycles. The van der Waals surface area contributed by atoms with Gasteiger partial charge in [-0.3, -0.25) is 9.78 Å². The lowest BCUT2D eigenvalue weighted by atomic mass is 10.00. The van der Waals surface area contributed by atoms with Crippen molar-refractivity contribution in [1.29, 1.82) is 0 Å². The molecule has 2 aromatic rings. The second-order valence-electron chi connectivity index (χ2n) is 7.99. The average Bonchev–Trinajstić information content (AvgIpc) is 2.75. The minimum Gasteiger partial charge on any atom is -0.337 e. The smallest absolute Gasteiger partial charge is 0.232 e. The first-order chi connectivity index (χ1) is 14.0. The molecule has 0 saturated heterocycles. The fourth-order valence-electron chi connectivity index (χ4n) is 3.70. The van der Waals surface area contributed by atoms with Gasteiger partial charge in [-0.1, -0.05) is 36.6 Å². The van der Waals surface area contributed by atoms with Gasteiger partial charge in [-0.05, 0) is 57.4 Å². The predicted octanol–water partition coefficient (Wildman–Crippen LogP) is 6.05. The molecule has 1 aliphatic rings. The van der Waals surface area contributed by atoms with Gasteiger partial charge >= 0.3 is 0 Å². The highest BCUT2D eigenvalue weighted by Crippen LogP contribution is 2.40. The molecule has 3 nitrogen and oxygen atoms in total. The van der Waals surface area contributed by atoms with E-state index in [1.165, 1.54) is 41.7 Å². The molecule has 29 heavy (non-hydrogen) atoms. The Balaban J connectivity index is 1.58. The summed E-state index contributed by atoms with van der Waals surface area (Å²) < 4.78 is 0. The number of amides is 1. The van der Waals surface area contributed by atoms with Crippen LogP contribution in [0.2, 0.25) is 0 Å². The Bertz CT molecular complexity index is 812. The highest BCUT2D eigenvalue weighted by molar-refractivity contribution is 8.04. The quantitative estimate of drug-likeness (QED) is 0.537.